The summed E-state index contributed by atoms with van der Waals surface area (Å²) in [5.74, 6) is -0.774. The summed E-state index contributed by atoms with van der Waals surface area (Å²) in [5.41, 5.74) is 0.688. The van der Waals surface area contributed by atoms with Crippen LogP contribution >= 0.6 is 0 Å². The van der Waals surface area contributed by atoms with Gasteiger partial charge in [0.05, 0.1) is 0 Å². The Morgan fingerprint density at radius 2 is 2.25 bits per heavy atom. The first-order valence-corrected chi connectivity index (χ1v) is 5.39. The number of piperidine rings is 1. The van der Waals surface area contributed by atoms with Crippen LogP contribution in [0.5, 0.6) is 0 Å². The number of rotatable bonds is 1. The van der Waals surface area contributed by atoms with Crippen LogP contribution in [-0.2, 0) is 14.3 Å². The molecule has 2 fully saturated rings. The third-order valence-electron chi connectivity index (χ3n) is 2.69. The van der Waals surface area contributed by atoms with Gasteiger partial charge in [-0.1, -0.05) is 0 Å². The van der Waals surface area contributed by atoms with E-state index in [0.717, 1.165) is 0 Å². The highest BCUT2D eigenvalue weighted by molar-refractivity contribution is 5.88. The van der Waals surface area contributed by atoms with Crippen molar-refractivity contribution in [1.29, 1.82) is 0 Å². The van der Waals surface area contributed by atoms with Gasteiger partial charge in [-0.25, -0.2) is 0 Å². The molecule has 3 atom stereocenters. The van der Waals surface area contributed by atoms with Gasteiger partial charge in [0.15, 0.2) is 11.6 Å². The Labute approximate surface area is 94.4 Å². The van der Waals surface area contributed by atoms with Crippen molar-refractivity contribution in [2.24, 2.45) is 0 Å². The molecule has 2 rings (SSSR count). The van der Waals surface area contributed by atoms with Crippen molar-refractivity contribution in [3.63, 3.8) is 0 Å². The third-order valence-corrected chi connectivity index (χ3v) is 2.69. The number of hydrogen-bond donors (Lipinski definition) is 2. The third kappa shape index (κ3) is 2.11. The lowest BCUT2D eigenvalue weighted by atomic mass is 10.00. The smallest absolute Gasteiger partial charge is 0.164 e. The molecule has 0 saturated carbocycles. The molecule has 0 aromatic carbocycles. The van der Waals surface area contributed by atoms with Crippen molar-refractivity contribution >= 4 is 5.78 Å². The average Bonchev–Trinajstić information content (AvgIpc) is 2.47. The molecule has 5 nitrogen and oxygen atoms in total. The molecule has 90 valence electrons. The van der Waals surface area contributed by atoms with Crippen molar-refractivity contribution in [2.75, 3.05) is 6.54 Å². The van der Waals surface area contributed by atoms with Gasteiger partial charge in [0.2, 0.25) is 0 Å². The van der Waals surface area contributed by atoms with Crippen LogP contribution in [0.3, 0.4) is 0 Å². The number of β-amino-alcohol motifs (C(OH)–C–C–N with tert-alkyl or cyclic N) is 1. The van der Waals surface area contributed by atoms with E-state index in [2.05, 4.69) is 5.32 Å². The van der Waals surface area contributed by atoms with E-state index >= 15 is 0 Å². The van der Waals surface area contributed by atoms with E-state index in [1.54, 1.807) is 13.8 Å². The highest BCUT2D eigenvalue weighted by atomic mass is 16.8. The van der Waals surface area contributed by atoms with Crippen molar-refractivity contribution in [1.82, 2.24) is 5.32 Å². The number of ether oxygens (including phenoxy) is 2. The molecule has 0 radical (unpaired) electrons. The average molecular weight is 227 g/mol. The zero-order valence-corrected chi connectivity index (χ0v) is 9.69. The van der Waals surface area contributed by atoms with Crippen molar-refractivity contribution in [3.8, 4) is 0 Å². The Morgan fingerprint density at radius 3 is 2.88 bits per heavy atom. The molecule has 2 aliphatic rings. The molecule has 2 saturated heterocycles. The first-order chi connectivity index (χ1) is 7.39. The van der Waals surface area contributed by atoms with Crippen LogP contribution in [0.25, 0.3) is 0 Å². The number of aliphatic hydroxyl groups is 1. The summed E-state index contributed by atoms with van der Waals surface area (Å²) in [6.45, 7) is 5.45. The highest BCUT2D eigenvalue weighted by Gasteiger charge is 2.48. The standard InChI is InChI=1S/C11H17NO4/c1-6(13)4-7-9-10(8(14)5-12-7)16-11(2,3)15-9/h4,8-10,12,14H,5H2,1-3H3/b7-4-/t8-,9+,10-/m1/s1. The fourth-order valence-electron chi connectivity index (χ4n) is 2.10. The number of nitrogens with one attached hydrogen (secondary N) is 1. The number of carbonyl (C=O) groups excluding carboxylic acids is 1. The second-order valence-electron chi connectivity index (χ2n) is 4.68. The van der Waals surface area contributed by atoms with Gasteiger partial charge in [-0.3, -0.25) is 4.79 Å². The van der Waals surface area contributed by atoms with Crippen LogP contribution in [0.4, 0.5) is 0 Å². The monoisotopic (exact) mass is 227 g/mol. The summed E-state index contributed by atoms with van der Waals surface area (Å²) in [6.07, 6.45) is 0.0919. The number of ketones is 1. The lowest BCUT2D eigenvalue weighted by Crippen LogP contribution is -2.50. The van der Waals surface area contributed by atoms with Crippen LogP contribution < -0.4 is 5.32 Å². The Bertz CT molecular complexity index is 337. The minimum Gasteiger partial charge on any atom is -0.388 e. The van der Waals surface area contributed by atoms with Crippen LogP contribution in [0.2, 0.25) is 0 Å². The Kier molecular flexibility index (Phi) is 2.77. The topological polar surface area (TPSA) is 67.8 Å². The summed E-state index contributed by atoms with van der Waals surface area (Å²) in [7, 11) is 0. The fourth-order valence-corrected chi connectivity index (χ4v) is 2.10. The van der Waals surface area contributed by atoms with E-state index in [-0.39, 0.29) is 11.9 Å². The SMILES string of the molecule is CC(=O)/C=C1\NC[C@@H](O)[C@H]2OC(C)(C)O[C@@H]12. The molecule has 0 bridgehead atoms. The normalized spacial score (nSPS) is 39.2. The van der Waals surface area contributed by atoms with E-state index in [1.165, 1.54) is 13.0 Å². The predicted molar refractivity (Wildman–Crippen MR) is 56.6 cm³/mol. The van der Waals surface area contributed by atoms with Crippen LogP contribution in [-0.4, -0.2) is 41.5 Å². The van der Waals surface area contributed by atoms with Gasteiger partial charge in [0, 0.05) is 18.3 Å². The van der Waals surface area contributed by atoms with Crippen LogP contribution in [0.1, 0.15) is 20.8 Å². The summed E-state index contributed by atoms with van der Waals surface area (Å²) in [6, 6.07) is 0. The molecule has 0 aliphatic carbocycles. The van der Waals surface area contributed by atoms with Gasteiger partial charge >= 0.3 is 0 Å². The fraction of sp³-hybridized carbons (Fsp3) is 0.727. The summed E-state index contributed by atoms with van der Waals surface area (Å²) in [5, 5.41) is 12.8. The van der Waals surface area contributed by atoms with Gasteiger partial charge in [0.25, 0.3) is 0 Å². The van der Waals surface area contributed by atoms with E-state index in [4.69, 9.17) is 9.47 Å². The number of fused-ring (bicyclic) bond motifs is 1. The Hall–Kier alpha value is -0.910. The molecule has 0 unspecified atom stereocenters. The van der Waals surface area contributed by atoms with Gasteiger partial charge in [0.1, 0.15) is 18.3 Å². The molecule has 0 amide bonds. The van der Waals surface area contributed by atoms with Gasteiger partial charge in [-0.2, -0.15) is 0 Å². The Morgan fingerprint density at radius 1 is 1.56 bits per heavy atom. The lowest BCUT2D eigenvalue weighted by Gasteiger charge is -2.31. The molecule has 16 heavy (non-hydrogen) atoms. The first kappa shape index (κ1) is 11.6. The van der Waals surface area contributed by atoms with Crippen molar-refractivity contribution in [2.45, 2.75) is 44.9 Å². The molecule has 2 aliphatic heterocycles. The van der Waals surface area contributed by atoms with E-state index in [1.807, 2.05) is 0 Å². The zero-order chi connectivity index (χ0) is 11.9. The van der Waals surface area contributed by atoms with Crippen molar-refractivity contribution < 1.29 is 19.4 Å². The molecule has 5 heteroatoms. The largest absolute Gasteiger partial charge is 0.388 e. The minimum atomic E-state index is -0.724. The van der Waals surface area contributed by atoms with E-state index < -0.39 is 18.0 Å². The molecule has 2 N–H and O–H groups in total. The second kappa shape index (κ2) is 3.84. The Balaban J connectivity index is 2.24. The zero-order valence-electron chi connectivity index (χ0n) is 9.69. The summed E-state index contributed by atoms with van der Waals surface area (Å²) >= 11 is 0. The van der Waals surface area contributed by atoms with Gasteiger partial charge < -0.3 is 19.9 Å². The molecular weight excluding hydrogens is 210 g/mol. The van der Waals surface area contributed by atoms with E-state index in [9.17, 15) is 9.90 Å². The molecule has 0 aromatic rings. The quantitative estimate of drug-likeness (QED) is 0.614. The van der Waals surface area contributed by atoms with E-state index in [0.29, 0.717) is 12.2 Å². The minimum absolute atomic E-state index is 0.0501. The predicted octanol–water partition coefficient (Wildman–Crippen LogP) is -0.0565. The van der Waals surface area contributed by atoms with Crippen LogP contribution in [0, 0.1) is 0 Å². The lowest BCUT2D eigenvalue weighted by molar-refractivity contribution is -0.151. The number of aliphatic hydroxyl groups excluding tert-OH is 1. The highest BCUT2D eigenvalue weighted by Crippen LogP contribution is 2.34. The summed E-state index contributed by atoms with van der Waals surface area (Å²) < 4.78 is 11.3. The van der Waals surface area contributed by atoms with Crippen molar-refractivity contribution in [3.05, 3.63) is 11.8 Å². The maximum absolute atomic E-state index is 11.1. The van der Waals surface area contributed by atoms with Crippen LogP contribution in [0.15, 0.2) is 11.8 Å². The summed E-state index contributed by atoms with van der Waals surface area (Å²) in [4.78, 5) is 11.1. The number of carbonyl (C=O) groups is 1. The number of allylic oxidation sites excluding steroid dienone is 1. The maximum atomic E-state index is 11.1. The van der Waals surface area contributed by atoms with Gasteiger partial charge in [-0.15, -0.1) is 0 Å². The van der Waals surface area contributed by atoms with Gasteiger partial charge in [-0.05, 0) is 20.8 Å². The second-order valence-corrected chi connectivity index (χ2v) is 4.68. The molecule has 0 aromatic heterocycles. The maximum Gasteiger partial charge on any atom is 0.164 e. The molecule has 0 spiro atoms. The number of hydrogen-bond acceptors (Lipinski definition) is 5. The molecule has 2 heterocycles. The first-order valence-electron chi connectivity index (χ1n) is 5.39. The molecular formula is C11H17NO4.